The average Bonchev–Trinajstić information content (AvgIpc) is 2.98. The molecular weight excluding hydrogens is 356 g/mol. The standard InChI is InChI=1S/C15H16BrClN2O2/c1-20-14-8-10(11(16)9-12(14)17)13-5-6-19(18-13)15-4-2-3-7-21-15/h5-6,8-9,15H,2-4,7H2,1H3. The van der Waals surface area contributed by atoms with Crippen molar-refractivity contribution in [2.24, 2.45) is 0 Å². The molecule has 0 spiro atoms. The second kappa shape index (κ2) is 6.38. The molecule has 1 fully saturated rings. The number of rotatable bonds is 3. The fraction of sp³-hybridized carbons (Fsp3) is 0.400. The number of halogens is 2. The summed E-state index contributed by atoms with van der Waals surface area (Å²) in [5, 5.41) is 5.21. The van der Waals surface area contributed by atoms with Gasteiger partial charge in [0.2, 0.25) is 0 Å². The van der Waals surface area contributed by atoms with Crippen molar-refractivity contribution in [1.82, 2.24) is 9.78 Å². The first kappa shape index (κ1) is 14.9. The molecule has 1 aromatic heterocycles. The van der Waals surface area contributed by atoms with Gasteiger partial charge in [-0.15, -0.1) is 0 Å². The van der Waals surface area contributed by atoms with Gasteiger partial charge in [0.05, 0.1) is 17.8 Å². The van der Waals surface area contributed by atoms with Gasteiger partial charge in [0, 0.05) is 22.8 Å². The average molecular weight is 372 g/mol. The third-order valence-corrected chi connectivity index (χ3v) is 4.53. The van der Waals surface area contributed by atoms with Crippen LogP contribution in [0.1, 0.15) is 25.5 Å². The number of ether oxygens (including phenoxy) is 2. The van der Waals surface area contributed by atoms with Crippen LogP contribution in [0.4, 0.5) is 0 Å². The van der Waals surface area contributed by atoms with Crippen molar-refractivity contribution in [3.8, 4) is 17.0 Å². The second-order valence-electron chi connectivity index (χ2n) is 4.97. The zero-order valence-corrected chi connectivity index (χ0v) is 14.0. The van der Waals surface area contributed by atoms with Crippen LogP contribution in [0.25, 0.3) is 11.3 Å². The molecule has 0 N–H and O–H groups in total. The van der Waals surface area contributed by atoms with E-state index in [-0.39, 0.29) is 6.23 Å². The van der Waals surface area contributed by atoms with E-state index in [9.17, 15) is 0 Å². The summed E-state index contributed by atoms with van der Waals surface area (Å²) in [7, 11) is 1.60. The molecule has 1 saturated heterocycles. The Morgan fingerprint density at radius 1 is 1.43 bits per heavy atom. The van der Waals surface area contributed by atoms with Gasteiger partial charge >= 0.3 is 0 Å². The highest BCUT2D eigenvalue weighted by molar-refractivity contribution is 9.10. The predicted molar refractivity (Wildman–Crippen MR) is 85.8 cm³/mol. The van der Waals surface area contributed by atoms with E-state index in [4.69, 9.17) is 21.1 Å². The van der Waals surface area contributed by atoms with Gasteiger partial charge in [-0.3, -0.25) is 0 Å². The largest absolute Gasteiger partial charge is 0.495 e. The highest BCUT2D eigenvalue weighted by Crippen LogP contribution is 2.36. The minimum atomic E-state index is 0.0421. The SMILES string of the molecule is COc1cc(-c2ccn(C3CCCCO3)n2)c(Br)cc1Cl. The molecule has 0 bridgehead atoms. The highest BCUT2D eigenvalue weighted by atomic mass is 79.9. The highest BCUT2D eigenvalue weighted by Gasteiger charge is 2.18. The zero-order chi connectivity index (χ0) is 14.8. The predicted octanol–water partition coefficient (Wildman–Crippen LogP) is 4.67. The van der Waals surface area contributed by atoms with Crippen LogP contribution in [0.3, 0.4) is 0 Å². The molecule has 1 aliphatic rings. The zero-order valence-electron chi connectivity index (χ0n) is 11.7. The number of benzene rings is 1. The van der Waals surface area contributed by atoms with Gasteiger partial charge < -0.3 is 9.47 Å². The third kappa shape index (κ3) is 3.10. The molecule has 1 aliphatic heterocycles. The fourth-order valence-corrected chi connectivity index (χ4v) is 3.38. The number of hydrogen-bond acceptors (Lipinski definition) is 3. The lowest BCUT2D eigenvalue weighted by Crippen LogP contribution is -2.18. The molecule has 6 heteroatoms. The van der Waals surface area contributed by atoms with E-state index in [1.165, 1.54) is 6.42 Å². The van der Waals surface area contributed by atoms with Gasteiger partial charge in [0.1, 0.15) is 12.0 Å². The fourth-order valence-electron chi connectivity index (χ4n) is 2.46. The molecule has 4 nitrogen and oxygen atoms in total. The van der Waals surface area contributed by atoms with Crippen LogP contribution < -0.4 is 4.74 Å². The van der Waals surface area contributed by atoms with Crippen molar-refractivity contribution in [1.29, 1.82) is 0 Å². The lowest BCUT2D eigenvalue weighted by Gasteiger charge is -2.22. The summed E-state index contributed by atoms with van der Waals surface area (Å²) in [4.78, 5) is 0. The lowest BCUT2D eigenvalue weighted by atomic mass is 10.1. The Hall–Kier alpha value is -1.04. The molecule has 0 amide bonds. The summed E-state index contributed by atoms with van der Waals surface area (Å²) in [5.74, 6) is 0.637. The normalized spacial score (nSPS) is 18.7. The molecule has 1 atom stereocenters. The van der Waals surface area contributed by atoms with Crippen molar-refractivity contribution >= 4 is 27.5 Å². The van der Waals surface area contributed by atoms with Crippen LogP contribution in [0.2, 0.25) is 5.02 Å². The molecule has 3 rings (SSSR count). The maximum absolute atomic E-state index is 6.12. The summed E-state index contributed by atoms with van der Waals surface area (Å²) in [6.45, 7) is 0.804. The van der Waals surface area contributed by atoms with Gasteiger partial charge in [-0.2, -0.15) is 5.10 Å². The number of hydrogen-bond donors (Lipinski definition) is 0. The summed E-state index contributed by atoms with van der Waals surface area (Å²) in [6, 6.07) is 5.69. The van der Waals surface area contributed by atoms with Gasteiger partial charge in [0.25, 0.3) is 0 Å². The van der Waals surface area contributed by atoms with E-state index in [1.54, 1.807) is 7.11 Å². The van der Waals surface area contributed by atoms with Crippen molar-refractivity contribution in [2.45, 2.75) is 25.5 Å². The van der Waals surface area contributed by atoms with Crippen molar-refractivity contribution < 1.29 is 9.47 Å². The molecule has 1 unspecified atom stereocenters. The topological polar surface area (TPSA) is 36.3 Å². The Labute approximate surface area is 137 Å². The number of methoxy groups -OCH3 is 1. The maximum atomic E-state index is 6.12. The Kier molecular flexibility index (Phi) is 4.52. The maximum Gasteiger partial charge on any atom is 0.150 e. The first-order chi connectivity index (χ1) is 10.2. The monoisotopic (exact) mass is 370 g/mol. The molecule has 21 heavy (non-hydrogen) atoms. The molecule has 1 aromatic carbocycles. The first-order valence-electron chi connectivity index (χ1n) is 6.89. The summed E-state index contributed by atoms with van der Waals surface area (Å²) in [6.07, 6.45) is 5.31. The van der Waals surface area contributed by atoms with Gasteiger partial charge in [0.15, 0.2) is 0 Å². The number of nitrogens with zero attached hydrogens (tertiary/aromatic N) is 2. The molecular formula is C15H16BrClN2O2. The number of aromatic nitrogens is 2. The van der Waals surface area contributed by atoms with Crippen LogP contribution in [0.5, 0.6) is 5.75 Å². The molecule has 112 valence electrons. The lowest BCUT2D eigenvalue weighted by molar-refractivity contribution is -0.0393. The van der Waals surface area contributed by atoms with Crippen molar-refractivity contribution in [3.05, 3.63) is 33.9 Å². The quantitative estimate of drug-likeness (QED) is 0.786. The van der Waals surface area contributed by atoms with Crippen molar-refractivity contribution in [3.63, 3.8) is 0 Å². The van der Waals surface area contributed by atoms with E-state index < -0.39 is 0 Å². The van der Waals surface area contributed by atoms with Gasteiger partial charge in [-0.05, 0) is 37.5 Å². The molecule has 2 heterocycles. The molecule has 0 saturated carbocycles. The van der Waals surface area contributed by atoms with E-state index in [2.05, 4.69) is 21.0 Å². The van der Waals surface area contributed by atoms with Crippen LogP contribution in [0.15, 0.2) is 28.9 Å². The van der Waals surface area contributed by atoms with Crippen LogP contribution >= 0.6 is 27.5 Å². The molecule has 0 aliphatic carbocycles. The van der Waals surface area contributed by atoms with Crippen LogP contribution in [-0.2, 0) is 4.74 Å². The smallest absolute Gasteiger partial charge is 0.150 e. The second-order valence-corrected chi connectivity index (χ2v) is 6.23. The summed E-state index contributed by atoms with van der Waals surface area (Å²) in [5.41, 5.74) is 1.82. The summed E-state index contributed by atoms with van der Waals surface area (Å²) >= 11 is 9.65. The Bertz CT molecular complexity index is 639. The van der Waals surface area contributed by atoms with Crippen LogP contribution in [0, 0.1) is 0 Å². The minimum absolute atomic E-state index is 0.0421. The Morgan fingerprint density at radius 2 is 2.29 bits per heavy atom. The summed E-state index contributed by atoms with van der Waals surface area (Å²) < 4.78 is 13.8. The van der Waals surface area contributed by atoms with Gasteiger partial charge in [-0.25, -0.2) is 4.68 Å². The van der Waals surface area contributed by atoms with Gasteiger partial charge in [-0.1, -0.05) is 27.5 Å². The molecule has 2 aromatic rings. The van der Waals surface area contributed by atoms with E-state index in [0.717, 1.165) is 35.2 Å². The van der Waals surface area contributed by atoms with Crippen molar-refractivity contribution in [2.75, 3.05) is 13.7 Å². The molecule has 0 radical (unpaired) electrons. The first-order valence-corrected chi connectivity index (χ1v) is 8.06. The Morgan fingerprint density at radius 3 is 3.00 bits per heavy atom. The van der Waals surface area contributed by atoms with E-state index in [0.29, 0.717) is 10.8 Å². The minimum Gasteiger partial charge on any atom is -0.495 e. The third-order valence-electron chi connectivity index (χ3n) is 3.58. The Balaban J connectivity index is 1.92. The van der Waals surface area contributed by atoms with Crippen LogP contribution in [-0.4, -0.2) is 23.5 Å². The van der Waals surface area contributed by atoms with E-state index >= 15 is 0 Å². The van der Waals surface area contributed by atoms with E-state index in [1.807, 2.05) is 29.1 Å².